The fraction of sp³-hybridized carbons (Fsp3) is 0.364. The third-order valence-corrected chi connectivity index (χ3v) is 2.80. The lowest BCUT2D eigenvalue weighted by atomic mass is 10.2. The van der Waals surface area contributed by atoms with E-state index in [0.29, 0.717) is 30.4 Å². The summed E-state index contributed by atoms with van der Waals surface area (Å²) in [6.07, 6.45) is 1.25. The minimum Gasteiger partial charge on any atom is -0.392 e. The topological polar surface area (TPSA) is 84.1 Å². The highest BCUT2D eigenvalue weighted by Crippen LogP contribution is 2.23. The number of halogens is 1. The second-order valence-electron chi connectivity index (χ2n) is 4.17. The van der Waals surface area contributed by atoms with E-state index >= 15 is 0 Å². The van der Waals surface area contributed by atoms with Gasteiger partial charge in [-0.3, -0.25) is 0 Å². The lowest BCUT2D eigenvalue weighted by Gasteiger charge is -2.01. The van der Waals surface area contributed by atoms with E-state index in [1.165, 1.54) is 12.1 Å². The third kappa shape index (κ3) is 2.09. The van der Waals surface area contributed by atoms with Crippen molar-refractivity contribution in [1.82, 2.24) is 20.4 Å². The molecule has 3 rings (SSSR count). The van der Waals surface area contributed by atoms with Crippen LogP contribution in [0.3, 0.4) is 0 Å². The van der Waals surface area contributed by atoms with E-state index < -0.39 is 11.9 Å². The number of β-amino-alcohol motifs (C(OH)–C–C–N with tert-alkyl or cyclic N) is 1. The largest absolute Gasteiger partial charge is 0.392 e. The Morgan fingerprint density at radius 3 is 3.00 bits per heavy atom. The van der Waals surface area contributed by atoms with Crippen LogP contribution in [0, 0.1) is 5.82 Å². The Bertz CT molecular complexity index is 542. The predicted octanol–water partition coefficient (Wildman–Crippen LogP) is 0.666. The Balaban J connectivity index is 1.83. The Morgan fingerprint density at radius 2 is 2.33 bits per heavy atom. The standard InChI is InChI=1S/C11H11FN4O2/c12-6-1-2-8(13-4-6)10-15-11(18-16-10)9-3-7(17)5-14-9/h1-2,4,7,9,14,17H,3,5H2/t7-,9+/m1/s1. The molecule has 0 bridgehead atoms. The highest BCUT2D eigenvalue weighted by atomic mass is 19.1. The molecule has 2 aromatic rings. The summed E-state index contributed by atoms with van der Waals surface area (Å²) in [6, 6.07) is 2.64. The van der Waals surface area contributed by atoms with Gasteiger partial charge in [0, 0.05) is 6.54 Å². The molecular formula is C11H11FN4O2. The van der Waals surface area contributed by atoms with Crippen molar-refractivity contribution in [2.24, 2.45) is 0 Å². The first-order chi connectivity index (χ1) is 8.72. The second kappa shape index (κ2) is 4.43. The zero-order valence-electron chi connectivity index (χ0n) is 9.38. The number of aromatic nitrogens is 3. The molecule has 0 radical (unpaired) electrons. The number of aliphatic hydroxyl groups excluding tert-OH is 1. The first kappa shape index (κ1) is 11.2. The normalized spacial score (nSPS) is 23.4. The fourth-order valence-corrected chi connectivity index (χ4v) is 1.89. The number of aliphatic hydroxyl groups is 1. The van der Waals surface area contributed by atoms with Crippen LogP contribution < -0.4 is 5.32 Å². The van der Waals surface area contributed by atoms with Gasteiger partial charge in [-0.05, 0) is 18.6 Å². The first-order valence-corrected chi connectivity index (χ1v) is 5.59. The molecule has 0 spiro atoms. The van der Waals surface area contributed by atoms with Gasteiger partial charge in [0.05, 0.1) is 18.3 Å². The molecule has 7 heteroatoms. The zero-order chi connectivity index (χ0) is 12.5. The minimum atomic E-state index is -0.414. The molecular weight excluding hydrogens is 239 g/mol. The smallest absolute Gasteiger partial charge is 0.244 e. The van der Waals surface area contributed by atoms with E-state index in [4.69, 9.17) is 4.52 Å². The van der Waals surface area contributed by atoms with Crippen molar-refractivity contribution < 1.29 is 14.0 Å². The van der Waals surface area contributed by atoms with Crippen LogP contribution in [-0.2, 0) is 0 Å². The van der Waals surface area contributed by atoms with Gasteiger partial charge in [-0.25, -0.2) is 9.37 Å². The van der Waals surface area contributed by atoms with Crippen LogP contribution in [-0.4, -0.2) is 32.9 Å². The highest BCUT2D eigenvalue weighted by Gasteiger charge is 2.28. The van der Waals surface area contributed by atoms with Gasteiger partial charge in [0.15, 0.2) is 0 Å². The molecule has 2 N–H and O–H groups in total. The molecule has 0 aromatic carbocycles. The molecule has 1 aliphatic heterocycles. The summed E-state index contributed by atoms with van der Waals surface area (Å²) in [5.74, 6) is 0.309. The first-order valence-electron chi connectivity index (χ1n) is 5.59. The summed E-state index contributed by atoms with van der Waals surface area (Å²) >= 11 is 0. The van der Waals surface area contributed by atoms with Crippen LogP contribution >= 0.6 is 0 Å². The number of rotatable bonds is 2. The predicted molar refractivity (Wildman–Crippen MR) is 58.9 cm³/mol. The molecule has 1 aliphatic rings. The third-order valence-electron chi connectivity index (χ3n) is 2.80. The van der Waals surface area contributed by atoms with Gasteiger partial charge in [-0.1, -0.05) is 5.16 Å². The molecule has 1 saturated heterocycles. The summed E-state index contributed by atoms with van der Waals surface area (Å²) in [5.41, 5.74) is 0.449. The monoisotopic (exact) mass is 250 g/mol. The number of pyridine rings is 1. The number of hydrogen-bond acceptors (Lipinski definition) is 6. The molecule has 0 unspecified atom stereocenters. The van der Waals surface area contributed by atoms with Crippen LogP contribution in [0.25, 0.3) is 11.5 Å². The van der Waals surface area contributed by atoms with Crippen molar-refractivity contribution in [3.63, 3.8) is 0 Å². The average Bonchev–Trinajstić information content (AvgIpc) is 2.98. The van der Waals surface area contributed by atoms with E-state index in [0.717, 1.165) is 6.20 Å². The second-order valence-corrected chi connectivity index (χ2v) is 4.17. The summed E-state index contributed by atoms with van der Waals surface area (Å²) in [4.78, 5) is 8.06. The highest BCUT2D eigenvalue weighted by molar-refractivity contribution is 5.47. The number of nitrogens with one attached hydrogen (secondary N) is 1. The molecule has 1 fully saturated rings. The lowest BCUT2D eigenvalue weighted by molar-refractivity contribution is 0.191. The van der Waals surface area contributed by atoms with Gasteiger partial charge in [-0.15, -0.1) is 0 Å². The van der Waals surface area contributed by atoms with Crippen molar-refractivity contribution in [3.8, 4) is 11.5 Å². The zero-order valence-corrected chi connectivity index (χ0v) is 9.38. The van der Waals surface area contributed by atoms with Crippen molar-refractivity contribution in [2.45, 2.75) is 18.6 Å². The van der Waals surface area contributed by atoms with E-state index in [9.17, 15) is 9.50 Å². The summed E-state index contributed by atoms with van der Waals surface area (Å²) < 4.78 is 17.8. The van der Waals surface area contributed by atoms with Gasteiger partial charge >= 0.3 is 0 Å². The van der Waals surface area contributed by atoms with Gasteiger partial charge in [0.25, 0.3) is 0 Å². The molecule has 6 nitrogen and oxygen atoms in total. The molecule has 0 aliphatic carbocycles. The number of nitrogens with zero attached hydrogens (tertiary/aromatic N) is 3. The van der Waals surface area contributed by atoms with Crippen LogP contribution in [0.15, 0.2) is 22.9 Å². The van der Waals surface area contributed by atoms with Crippen molar-refractivity contribution in [3.05, 3.63) is 30.0 Å². The van der Waals surface area contributed by atoms with E-state index in [2.05, 4.69) is 20.4 Å². The molecule has 3 heterocycles. The molecule has 2 atom stereocenters. The molecule has 94 valence electrons. The van der Waals surface area contributed by atoms with Gasteiger partial charge in [-0.2, -0.15) is 4.98 Å². The van der Waals surface area contributed by atoms with Crippen LogP contribution in [0.4, 0.5) is 4.39 Å². The van der Waals surface area contributed by atoms with Crippen molar-refractivity contribution in [2.75, 3.05) is 6.54 Å². The summed E-state index contributed by atoms with van der Waals surface area (Å²) in [6.45, 7) is 0.511. The molecule has 0 saturated carbocycles. The van der Waals surface area contributed by atoms with Gasteiger partial charge in [0.2, 0.25) is 11.7 Å². The minimum absolute atomic E-state index is 0.137. The molecule has 2 aromatic heterocycles. The fourth-order valence-electron chi connectivity index (χ4n) is 1.89. The molecule has 0 amide bonds. The summed E-state index contributed by atoms with van der Waals surface area (Å²) in [7, 11) is 0. The Labute approximate surface area is 102 Å². The van der Waals surface area contributed by atoms with Crippen LogP contribution in [0.5, 0.6) is 0 Å². The maximum Gasteiger partial charge on any atom is 0.244 e. The molecule has 18 heavy (non-hydrogen) atoms. The van der Waals surface area contributed by atoms with Crippen LogP contribution in [0.2, 0.25) is 0 Å². The summed E-state index contributed by atoms with van der Waals surface area (Å²) in [5, 5.41) is 16.3. The van der Waals surface area contributed by atoms with Crippen LogP contribution in [0.1, 0.15) is 18.4 Å². The Hall–Kier alpha value is -1.86. The lowest BCUT2D eigenvalue weighted by Crippen LogP contribution is -2.15. The Morgan fingerprint density at radius 1 is 1.44 bits per heavy atom. The quantitative estimate of drug-likeness (QED) is 0.814. The maximum absolute atomic E-state index is 12.7. The van der Waals surface area contributed by atoms with Gasteiger partial charge < -0.3 is 14.9 Å². The Kier molecular flexibility index (Phi) is 2.77. The van der Waals surface area contributed by atoms with E-state index in [-0.39, 0.29) is 6.04 Å². The van der Waals surface area contributed by atoms with E-state index in [1.807, 2.05) is 0 Å². The van der Waals surface area contributed by atoms with Crippen molar-refractivity contribution in [1.29, 1.82) is 0 Å². The number of hydrogen-bond donors (Lipinski definition) is 2. The maximum atomic E-state index is 12.7. The SMILES string of the molecule is O[C@H]1CN[C@H](c2nc(-c3ccc(F)cn3)no2)C1. The van der Waals surface area contributed by atoms with Crippen molar-refractivity contribution >= 4 is 0 Å². The van der Waals surface area contributed by atoms with Gasteiger partial charge in [0.1, 0.15) is 11.5 Å². The average molecular weight is 250 g/mol. The van der Waals surface area contributed by atoms with E-state index in [1.54, 1.807) is 0 Å².